The van der Waals surface area contributed by atoms with Crippen molar-refractivity contribution in [3.63, 3.8) is 0 Å². The number of nitrogen functional groups attached to an aromatic ring is 1. The Bertz CT molecular complexity index is 469. The van der Waals surface area contributed by atoms with Crippen molar-refractivity contribution < 1.29 is 19.8 Å². The SMILES string of the molecule is CC(CO)(CO)NC(=O)CNC(=O)c1ccc(N)cc1. The maximum absolute atomic E-state index is 11.7. The number of nitrogens with one attached hydrogen (secondary N) is 2. The van der Waals surface area contributed by atoms with Crippen LogP contribution in [0.4, 0.5) is 5.69 Å². The highest BCUT2D eigenvalue weighted by molar-refractivity contribution is 5.96. The van der Waals surface area contributed by atoms with Gasteiger partial charge in [-0.25, -0.2) is 0 Å². The van der Waals surface area contributed by atoms with Crippen LogP contribution in [0.15, 0.2) is 24.3 Å². The third kappa shape index (κ3) is 4.52. The highest BCUT2D eigenvalue weighted by Gasteiger charge is 2.24. The molecule has 0 saturated carbocycles. The molecule has 0 fully saturated rings. The molecule has 0 spiro atoms. The number of hydrogen-bond acceptors (Lipinski definition) is 5. The molecule has 1 aromatic carbocycles. The number of anilines is 1. The zero-order chi connectivity index (χ0) is 15.2. The number of carbonyl (C=O) groups excluding carboxylic acids is 2. The van der Waals surface area contributed by atoms with Crippen molar-refractivity contribution >= 4 is 17.5 Å². The molecule has 0 radical (unpaired) electrons. The van der Waals surface area contributed by atoms with Crippen molar-refractivity contribution in [2.24, 2.45) is 0 Å². The first-order valence-electron chi connectivity index (χ1n) is 6.06. The molecular weight excluding hydrogens is 262 g/mol. The van der Waals surface area contributed by atoms with E-state index in [1.807, 2.05) is 0 Å². The van der Waals surface area contributed by atoms with Crippen LogP contribution in [-0.4, -0.2) is 47.3 Å². The lowest BCUT2D eigenvalue weighted by molar-refractivity contribution is -0.123. The highest BCUT2D eigenvalue weighted by Crippen LogP contribution is 2.05. The van der Waals surface area contributed by atoms with Crippen molar-refractivity contribution in [3.05, 3.63) is 29.8 Å². The van der Waals surface area contributed by atoms with Crippen LogP contribution >= 0.6 is 0 Å². The summed E-state index contributed by atoms with van der Waals surface area (Å²) in [5.41, 5.74) is 5.33. The van der Waals surface area contributed by atoms with E-state index in [1.165, 1.54) is 6.92 Å². The molecule has 0 heterocycles. The van der Waals surface area contributed by atoms with Crippen LogP contribution in [0.1, 0.15) is 17.3 Å². The smallest absolute Gasteiger partial charge is 0.251 e. The van der Waals surface area contributed by atoms with Gasteiger partial charge in [0, 0.05) is 11.3 Å². The molecule has 110 valence electrons. The van der Waals surface area contributed by atoms with Gasteiger partial charge in [0.1, 0.15) is 0 Å². The van der Waals surface area contributed by atoms with Gasteiger partial charge in [-0.1, -0.05) is 0 Å². The van der Waals surface area contributed by atoms with Crippen molar-refractivity contribution in [1.29, 1.82) is 0 Å². The lowest BCUT2D eigenvalue weighted by atomic mass is 10.1. The van der Waals surface area contributed by atoms with Crippen LogP contribution in [0, 0.1) is 0 Å². The molecule has 2 amide bonds. The highest BCUT2D eigenvalue weighted by atomic mass is 16.3. The van der Waals surface area contributed by atoms with E-state index in [0.29, 0.717) is 11.3 Å². The number of rotatable bonds is 6. The third-order valence-electron chi connectivity index (χ3n) is 2.72. The fourth-order valence-electron chi connectivity index (χ4n) is 1.41. The zero-order valence-electron chi connectivity index (χ0n) is 11.2. The lowest BCUT2D eigenvalue weighted by Gasteiger charge is -2.26. The van der Waals surface area contributed by atoms with Gasteiger partial charge >= 0.3 is 0 Å². The first kappa shape index (κ1) is 15.9. The van der Waals surface area contributed by atoms with E-state index < -0.39 is 30.6 Å². The summed E-state index contributed by atoms with van der Waals surface area (Å²) in [6, 6.07) is 6.27. The summed E-state index contributed by atoms with van der Waals surface area (Å²) in [6.45, 7) is 0.438. The van der Waals surface area contributed by atoms with E-state index in [9.17, 15) is 9.59 Å². The molecule has 0 aromatic heterocycles. The molecule has 0 aliphatic carbocycles. The Morgan fingerprint density at radius 2 is 1.75 bits per heavy atom. The van der Waals surface area contributed by atoms with E-state index >= 15 is 0 Å². The van der Waals surface area contributed by atoms with Crippen molar-refractivity contribution in [2.75, 3.05) is 25.5 Å². The minimum Gasteiger partial charge on any atom is -0.399 e. The Morgan fingerprint density at radius 3 is 2.25 bits per heavy atom. The van der Waals surface area contributed by atoms with Crippen LogP contribution in [0.2, 0.25) is 0 Å². The molecule has 6 N–H and O–H groups in total. The topological polar surface area (TPSA) is 125 Å². The van der Waals surface area contributed by atoms with E-state index in [2.05, 4.69) is 10.6 Å². The molecule has 7 heteroatoms. The molecule has 0 atom stereocenters. The van der Waals surface area contributed by atoms with Gasteiger partial charge < -0.3 is 26.6 Å². The molecule has 1 aromatic rings. The van der Waals surface area contributed by atoms with Gasteiger partial charge in [0.2, 0.25) is 5.91 Å². The summed E-state index contributed by atoms with van der Waals surface area (Å²) < 4.78 is 0. The summed E-state index contributed by atoms with van der Waals surface area (Å²) in [6.07, 6.45) is 0. The number of nitrogens with two attached hydrogens (primary N) is 1. The summed E-state index contributed by atoms with van der Waals surface area (Å²) in [7, 11) is 0. The molecule has 0 aliphatic heterocycles. The summed E-state index contributed by atoms with van der Waals surface area (Å²) in [4.78, 5) is 23.3. The van der Waals surface area contributed by atoms with Crippen LogP contribution in [0.25, 0.3) is 0 Å². The Labute approximate surface area is 116 Å². The minimum absolute atomic E-state index is 0.251. The molecule has 0 aliphatic rings. The first-order valence-corrected chi connectivity index (χ1v) is 6.06. The molecule has 7 nitrogen and oxygen atoms in total. The number of aliphatic hydroxyl groups is 2. The number of aliphatic hydroxyl groups excluding tert-OH is 2. The Hall–Kier alpha value is -2.12. The average molecular weight is 281 g/mol. The average Bonchev–Trinajstić information content (AvgIpc) is 2.45. The van der Waals surface area contributed by atoms with Crippen LogP contribution in [0.3, 0.4) is 0 Å². The standard InChI is InChI=1S/C13H19N3O4/c1-13(7-17,8-18)16-11(19)6-15-12(20)9-2-4-10(14)5-3-9/h2-5,17-18H,6-8,14H2,1H3,(H,15,20)(H,16,19). The maximum atomic E-state index is 11.7. The fourth-order valence-corrected chi connectivity index (χ4v) is 1.41. The van der Waals surface area contributed by atoms with Gasteiger partial charge in [0.15, 0.2) is 0 Å². The molecular formula is C13H19N3O4. The monoisotopic (exact) mass is 281 g/mol. The second-order valence-corrected chi connectivity index (χ2v) is 4.73. The molecule has 0 saturated heterocycles. The summed E-state index contributed by atoms with van der Waals surface area (Å²) in [5.74, 6) is -0.908. The maximum Gasteiger partial charge on any atom is 0.251 e. The number of benzene rings is 1. The summed E-state index contributed by atoms with van der Waals surface area (Å²) >= 11 is 0. The van der Waals surface area contributed by atoms with E-state index in [1.54, 1.807) is 24.3 Å². The number of carbonyl (C=O) groups is 2. The second kappa shape index (κ2) is 6.88. The van der Waals surface area contributed by atoms with Gasteiger partial charge in [-0.15, -0.1) is 0 Å². The molecule has 0 unspecified atom stereocenters. The van der Waals surface area contributed by atoms with Crippen molar-refractivity contribution in [1.82, 2.24) is 10.6 Å². The van der Waals surface area contributed by atoms with Gasteiger partial charge in [-0.3, -0.25) is 9.59 Å². The summed E-state index contributed by atoms with van der Waals surface area (Å²) in [5, 5.41) is 23.0. The minimum atomic E-state index is -1.11. The first-order chi connectivity index (χ1) is 9.40. The van der Waals surface area contributed by atoms with E-state index in [-0.39, 0.29) is 6.54 Å². The van der Waals surface area contributed by atoms with Crippen molar-refractivity contribution in [3.8, 4) is 0 Å². The van der Waals surface area contributed by atoms with Gasteiger partial charge in [-0.2, -0.15) is 0 Å². The second-order valence-electron chi connectivity index (χ2n) is 4.73. The lowest BCUT2D eigenvalue weighted by Crippen LogP contribution is -2.54. The van der Waals surface area contributed by atoms with E-state index in [0.717, 1.165) is 0 Å². The molecule has 0 bridgehead atoms. The normalized spacial score (nSPS) is 10.9. The van der Waals surface area contributed by atoms with Gasteiger partial charge in [-0.05, 0) is 31.2 Å². The predicted octanol–water partition coefficient (Wildman–Crippen LogP) is -1.14. The van der Waals surface area contributed by atoms with E-state index in [4.69, 9.17) is 15.9 Å². The molecule has 1 rings (SSSR count). The number of hydrogen-bond donors (Lipinski definition) is 5. The van der Waals surface area contributed by atoms with Gasteiger partial charge in [0.25, 0.3) is 5.91 Å². The Kier molecular flexibility index (Phi) is 5.48. The fraction of sp³-hybridized carbons (Fsp3) is 0.385. The van der Waals surface area contributed by atoms with Crippen LogP contribution in [-0.2, 0) is 4.79 Å². The number of amides is 2. The van der Waals surface area contributed by atoms with Crippen LogP contribution < -0.4 is 16.4 Å². The zero-order valence-corrected chi connectivity index (χ0v) is 11.2. The predicted molar refractivity (Wildman–Crippen MR) is 73.9 cm³/mol. The Morgan fingerprint density at radius 1 is 1.20 bits per heavy atom. The largest absolute Gasteiger partial charge is 0.399 e. The molecule has 20 heavy (non-hydrogen) atoms. The third-order valence-corrected chi connectivity index (χ3v) is 2.72. The van der Waals surface area contributed by atoms with Gasteiger partial charge in [0.05, 0.1) is 25.3 Å². The Balaban J connectivity index is 2.49. The van der Waals surface area contributed by atoms with Crippen LogP contribution in [0.5, 0.6) is 0 Å². The quantitative estimate of drug-likeness (QED) is 0.421. The van der Waals surface area contributed by atoms with Crippen molar-refractivity contribution in [2.45, 2.75) is 12.5 Å².